The molecule has 3 rings (SSSR count). The zero-order chi connectivity index (χ0) is 17.8. The fraction of sp³-hybridized carbons (Fsp3) is 0.263. The maximum Gasteiger partial charge on any atom is 0.255 e. The maximum atomic E-state index is 12.5. The molecule has 0 saturated carbocycles. The summed E-state index contributed by atoms with van der Waals surface area (Å²) >= 11 is 3.89. The summed E-state index contributed by atoms with van der Waals surface area (Å²) in [5.74, 6) is 2.02. The number of hydrogen-bond donors (Lipinski definition) is 2. The second-order valence-electron chi connectivity index (χ2n) is 5.71. The molecular formula is C19H20N2O2S2. The van der Waals surface area contributed by atoms with Crippen LogP contribution in [0, 0.1) is 6.92 Å². The van der Waals surface area contributed by atoms with Gasteiger partial charge in [0.1, 0.15) is 0 Å². The Balaban J connectivity index is 1.75. The quantitative estimate of drug-likeness (QED) is 0.849. The minimum Gasteiger partial charge on any atom is -0.355 e. The number of amides is 2. The molecule has 0 spiro atoms. The summed E-state index contributed by atoms with van der Waals surface area (Å²) in [6.07, 6.45) is 0. The molecule has 25 heavy (non-hydrogen) atoms. The highest BCUT2D eigenvalue weighted by atomic mass is 32.2. The Morgan fingerprint density at radius 3 is 2.32 bits per heavy atom. The maximum absolute atomic E-state index is 12.5. The van der Waals surface area contributed by atoms with Gasteiger partial charge in [-0.05, 0) is 42.3 Å². The molecule has 4 nitrogen and oxygen atoms in total. The van der Waals surface area contributed by atoms with Gasteiger partial charge in [0.15, 0.2) is 0 Å². The summed E-state index contributed by atoms with van der Waals surface area (Å²) in [6.45, 7) is 1.83. The number of carbonyl (C=O) groups is 2. The van der Waals surface area contributed by atoms with Gasteiger partial charge < -0.3 is 10.6 Å². The topological polar surface area (TPSA) is 58.2 Å². The lowest BCUT2D eigenvalue weighted by atomic mass is 10.1. The van der Waals surface area contributed by atoms with E-state index in [4.69, 9.17) is 0 Å². The molecule has 0 radical (unpaired) electrons. The summed E-state index contributed by atoms with van der Waals surface area (Å²) < 4.78 is 0.476. The molecule has 1 fully saturated rings. The van der Waals surface area contributed by atoms with E-state index in [1.54, 1.807) is 25.2 Å². The summed E-state index contributed by atoms with van der Waals surface area (Å²) in [6, 6.07) is 13.1. The van der Waals surface area contributed by atoms with Crippen LogP contribution < -0.4 is 10.6 Å². The smallest absolute Gasteiger partial charge is 0.255 e. The zero-order valence-electron chi connectivity index (χ0n) is 14.2. The van der Waals surface area contributed by atoms with E-state index in [0.717, 1.165) is 5.56 Å². The molecule has 1 heterocycles. The molecule has 0 aliphatic carbocycles. The first-order valence-electron chi connectivity index (χ1n) is 8.06. The van der Waals surface area contributed by atoms with Crippen molar-refractivity contribution in [3.8, 4) is 0 Å². The molecule has 1 aliphatic heterocycles. The highest BCUT2D eigenvalue weighted by Gasteiger charge is 2.19. The third-order valence-corrected chi connectivity index (χ3v) is 7.22. The number of nitrogens with one attached hydrogen (secondary N) is 2. The van der Waals surface area contributed by atoms with Gasteiger partial charge in [0.2, 0.25) is 0 Å². The van der Waals surface area contributed by atoms with Crippen molar-refractivity contribution in [3.05, 3.63) is 64.7 Å². The van der Waals surface area contributed by atoms with Crippen LogP contribution in [0.2, 0.25) is 0 Å². The normalized spacial score (nSPS) is 14.3. The Hall–Kier alpha value is -1.92. The van der Waals surface area contributed by atoms with Crippen molar-refractivity contribution in [2.75, 3.05) is 23.9 Å². The molecular weight excluding hydrogens is 352 g/mol. The number of carbonyl (C=O) groups excluding carboxylic acids is 2. The SMILES string of the molecule is CNC(=O)c1cccc(NC(=O)c2ccc(C3SCCS3)cc2)c1C. The number of hydrogen-bond acceptors (Lipinski definition) is 4. The molecule has 1 saturated heterocycles. The lowest BCUT2D eigenvalue weighted by Gasteiger charge is -2.13. The van der Waals surface area contributed by atoms with Gasteiger partial charge in [-0.15, -0.1) is 23.5 Å². The van der Waals surface area contributed by atoms with Crippen molar-refractivity contribution in [3.63, 3.8) is 0 Å². The van der Waals surface area contributed by atoms with Crippen molar-refractivity contribution in [2.24, 2.45) is 0 Å². The van der Waals surface area contributed by atoms with Crippen molar-refractivity contribution >= 4 is 41.0 Å². The first kappa shape index (κ1) is 17.9. The molecule has 2 aromatic carbocycles. The Morgan fingerprint density at radius 1 is 1.00 bits per heavy atom. The second kappa shape index (κ2) is 7.97. The first-order chi connectivity index (χ1) is 12.1. The van der Waals surface area contributed by atoms with Crippen molar-refractivity contribution in [1.82, 2.24) is 5.32 Å². The molecule has 2 aromatic rings. The fourth-order valence-corrected chi connectivity index (χ4v) is 5.55. The molecule has 1 aliphatic rings. The van der Waals surface area contributed by atoms with E-state index in [0.29, 0.717) is 21.4 Å². The average Bonchev–Trinajstić information content (AvgIpc) is 3.17. The Morgan fingerprint density at radius 2 is 1.68 bits per heavy atom. The largest absolute Gasteiger partial charge is 0.355 e. The van der Waals surface area contributed by atoms with Crippen LogP contribution in [0.15, 0.2) is 42.5 Å². The van der Waals surface area contributed by atoms with Crippen LogP contribution in [0.3, 0.4) is 0 Å². The van der Waals surface area contributed by atoms with Crippen LogP contribution in [0.25, 0.3) is 0 Å². The highest BCUT2D eigenvalue weighted by molar-refractivity contribution is 8.19. The Bertz CT molecular complexity index is 785. The number of anilines is 1. The lowest BCUT2D eigenvalue weighted by Crippen LogP contribution is -2.20. The van der Waals surface area contributed by atoms with Gasteiger partial charge in [-0.2, -0.15) is 0 Å². The molecule has 0 bridgehead atoms. The van der Waals surface area contributed by atoms with E-state index in [1.165, 1.54) is 17.1 Å². The van der Waals surface area contributed by atoms with Crippen molar-refractivity contribution in [1.29, 1.82) is 0 Å². The van der Waals surface area contributed by atoms with Gasteiger partial charge in [0.25, 0.3) is 11.8 Å². The molecule has 130 valence electrons. The van der Waals surface area contributed by atoms with E-state index >= 15 is 0 Å². The second-order valence-corrected chi connectivity index (χ2v) is 8.43. The fourth-order valence-electron chi connectivity index (χ4n) is 2.69. The van der Waals surface area contributed by atoms with Gasteiger partial charge in [-0.3, -0.25) is 9.59 Å². The summed E-state index contributed by atoms with van der Waals surface area (Å²) in [7, 11) is 1.59. The van der Waals surface area contributed by atoms with Crippen molar-refractivity contribution in [2.45, 2.75) is 11.5 Å². The minimum atomic E-state index is -0.171. The van der Waals surface area contributed by atoms with Crippen LogP contribution >= 0.6 is 23.5 Å². The molecule has 2 amide bonds. The Labute approximate surface area is 156 Å². The minimum absolute atomic E-state index is 0.162. The van der Waals surface area contributed by atoms with Gasteiger partial charge in [0.05, 0.1) is 4.58 Å². The highest BCUT2D eigenvalue weighted by Crippen LogP contribution is 2.45. The van der Waals surface area contributed by atoms with Crippen LogP contribution in [-0.4, -0.2) is 30.4 Å². The first-order valence-corrected chi connectivity index (χ1v) is 10.2. The van der Waals surface area contributed by atoms with E-state index in [1.807, 2.05) is 54.7 Å². The summed E-state index contributed by atoms with van der Waals surface area (Å²) in [5, 5.41) is 5.52. The third-order valence-electron chi connectivity index (χ3n) is 4.12. The molecule has 2 N–H and O–H groups in total. The number of thioether (sulfide) groups is 2. The monoisotopic (exact) mass is 372 g/mol. The summed E-state index contributed by atoms with van der Waals surface area (Å²) in [4.78, 5) is 24.4. The molecule has 0 atom stereocenters. The third kappa shape index (κ3) is 4.02. The van der Waals surface area contributed by atoms with Gasteiger partial charge >= 0.3 is 0 Å². The van der Waals surface area contributed by atoms with Gasteiger partial charge in [-0.1, -0.05) is 18.2 Å². The van der Waals surface area contributed by atoms with E-state index in [9.17, 15) is 9.59 Å². The number of benzene rings is 2. The van der Waals surface area contributed by atoms with E-state index in [-0.39, 0.29) is 11.8 Å². The average molecular weight is 373 g/mol. The van der Waals surface area contributed by atoms with E-state index in [2.05, 4.69) is 10.6 Å². The lowest BCUT2D eigenvalue weighted by molar-refractivity contribution is 0.0960. The predicted octanol–water partition coefficient (Wildman–Crippen LogP) is 4.09. The van der Waals surface area contributed by atoms with Crippen LogP contribution in [0.5, 0.6) is 0 Å². The van der Waals surface area contributed by atoms with Crippen LogP contribution in [0.4, 0.5) is 5.69 Å². The van der Waals surface area contributed by atoms with Gasteiger partial charge in [-0.25, -0.2) is 0 Å². The summed E-state index contributed by atoms with van der Waals surface area (Å²) in [5.41, 5.74) is 3.83. The van der Waals surface area contributed by atoms with Crippen LogP contribution in [-0.2, 0) is 0 Å². The standard InChI is InChI=1S/C19H20N2O2S2/c1-12-15(18(23)20-2)4-3-5-16(12)21-17(22)13-6-8-14(9-7-13)19-24-10-11-25-19/h3-9,19H,10-11H2,1-2H3,(H,20,23)(H,21,22). The molecule has 0 unspecified atom stereocenters. The van der Waals surface area contributed by atoms with Gasteiger partial charge in [0, 0.05) is 35.4 Å². The molecule has 6 heteroatoms. The van der Waals surface area contributed by atoms with Crippen molar-refractivity contribution < 1.29 is 9.59 Å². The zero-order valence-corrected chi connectivity index (χ0v) is 15.8. The molecule has 0 aromatic heterocycles. The predicted molar refractivity (Wildman–Crippen MR) is 107 cm³/mol. The van der Waals surface area contributed by atoms with Crippen LogP contribution in [0.1, 0.15) is 36.4 Å². The van der Waals surface area contributed by atoms with E-state index < -0.39 is 0 Å². The number of rotatable bonds is 4. The Kier molecular flexibility index (Phi) is 5.71.